The number of carbonyl (C=O) groups is 1. The van der Waals surface area contributed by atoms with Gasteiger partial charge in [-0.2, -0.15) is 0 Å². The van der Waals surface area contributed by atoms with Crippen molar-refractivity contribution in [2.75, 3.05) is 0 Å². The van der Waals surface area contributed by atoms with Crippen molar-refractivity contribution >= 4 is 16.9 Å². The Kier molecular flexibility index (Phi) is 5.79. The third-order valence-corrected chi connectivity index (χ3v) is 6.33. The van der Waals surface area contributed by atoms with Crippen molar-refractivity contribution < 1.29 is 9.53 Å². The van der Waals surface area contributed by atoms with Gasteiger partial charge in [0.05, 0.1) is 10.9 Å². The van der Waals surface area contributed by atoms with Crippen LogP contribution in [0.25, 0.3) is 0 Å². The van der Waals surface area contributed by atoms with Gasteiger partial charge in [0.1, 0.15) is 5.75 Å². The van der Waals surface area contributed by atoms with E-state index < -0.39 is 0 Å². The highest BCUT2D eigenvalue weighted by Crippen LogP contribution is 2.35. The molecular weight excluding hydrogens is 340 g/mol. The Labute approximate surface area is 158 Å². The second-order valence-corrected chi connectivity index (χ2v) is 8.17. The van der Waals surface area contributed by atoms with Crippen molar-refractivity contribution in [2.24, 2.45) is 0 Å². The molecule has 0 fully saturated rings. The van der Waals surface area contributed by atoms with Crippen LogP contribution in [0.2, 0.25) is 0 Å². The Balaban J connectivity index is 2.09. The predicted molar refractivity (Wildman–Crippen MR) is 107 cm³/mol. The van der Waals surface area contributed by atoms with E-state index in [0.29, 0.717) is 12.2 Å². The third-order valence-electron chi connectivity index (χ3n) is 4.13. The molecule has 0 spiro atoms. The van der Waals surface area contributed by atoms with Crippen LogP contribution in [0.5, 0.6) is 5.75 Å². The maximum atomic E-state index is 11.7. The zero-order chi connectivity index (χ0) is 18.5. The van der Waals surface area contributed by atoms with Crippen molar-refractivity contribution in [3.63, 3.8) is 0 Å². The summed E-state index contributed by atoms with van der Waals surface area (Å²) in [7, 11) is -0.198. The number of benzene rings is 3. The fourth-order valence-electron chi connectivity index (χ4n) is 2.90. The largest absolute Gasteiger partial charge is 0.426 e. The normalized spacial score (nSPS) is 10.8. The molecule has 0 unspecified atom stereocenters. The van der Waals surface area contributed by atoms with Crippen LogP contribution in [-0.2, 0) is 15.7 Å². The SMILES string of the molecule is CCC(=O)Oc1c(C)cc([S+](c2ccccc2)c2ccccc2)cc1C. The van der Waals surface area contributed by atoms with Gasteiger partial charge in [-0.1, -0.05) is 43.3 Å². The topological polar surface area (TPSA) is 26.3 Å². The second kappa shape index (κ2) is 8.24. The van der Waals surface area contributed by atoms with E-state index in [1.54, 1.807) is 0 Å². The second-order valence-electron chi connectivity index (χ2n) is 6.15. The summed E-state index contributed by atoms with van der Waals surface area (Å²) in [5, 5.41) is 0. The first-order valence-corrected chi connectivity index (χ1v) is 9.99. The molecule has 0 atom stereocenters. The first-order chi connectivity index (χ1) is 12.6. The lowest BCUT2D eigenvalue weighted by molar-refractivity contribution is -0.134. The molecule has 26 heavy (non-hydrogen) atoms. The highest BCUT2D eigenvalue weighted by atomic mass is 32.2. The summed E-state index contributed by atoms with van der Waals surface area (Å²) in [4.78, 5) is 15.5. The first kappa shape index (κ1) is 18.3. The van der Waals surface area contributed by atoms with Crippen molar-refractivity contribution in [2.45, 2.75) is 41.9 Å². The number of aryl methyl sites for hydroxylation is 2. The van der Waals surface area contributed by atoms with Crippen LogP contribution < -0.4 is 4.74 Å². The Bertz CT molecular complexity index is 826. The Morgan fingerprint density at radius 1 is 0.808 bits per heavy atom. The predicted octanol–water partition coefficient (Wildman–Crippen LogP) is 5.71. The van der Waals surface area contributed by atoms with Gasteiger partial charge < -0.3 is 4.74 Å². The third kappa shape index (κ3) is 4.00. The summed E-state index contributed by atoms with van der Waals surface area (Å²) >= 11 is 0. The molecule has 3 rings (SSSR count). The van der Waals surface area contributed by atoms with Gasteiger partial charge in [-0.25, -0.2) is 0 Å². The van der Waals surface area contributed by atoms with E-state index in [9.17, 15) is 4.79 Å². The van der Waals surface area contributed by atoms with E-state index in [1.165, 1.54) is 14.7 Å². The van der Waals surface area contributed by atoms with Crippen LogP contribution in [0, 0.1) is 13.8 Å². The van der Waals surface area contributed by atoms with Crippen molar-refractivity contribution in [3.05, 3.63) is 83.9 Å². The van der Waals surface area contributed by atoms with Crippen LogP contribution in [0.1, 0.15) is 24.5 Å². The van der Waals surface area contributed by atoms with Gasteiger partial charge in [0.2, 0.25) is 0 Å². The zero-order valence-electron chi connectivity index (χ0n) is 15.4. The van der Waals surface area contributed by atoms with E-state index in [-0.39, 0.29) is 16.9 Å². The van der Waals surface area contributed by atoms with Crippen LogP contribution in [0.3, 0.4) is 0 Å². The van der Waals surface area contributed by atoms with Crippen LogP contribution in [-0.4, -0.2) is 5.97 Å². The number of esters is 1. The Morgan fingerprint density at radius 3 is 1.69 bits per heavy atom. The van der Waals surface area contributed by atoms with Crippen LogP contribution in [0.4, 0.5) is 0 Å². The highest BCUT2D eigenvalue weighted by Gasteiger charge is 2.29. The van der Waals surface area contributed by atoms with E-state index >= 15 is 0 Å². The molecule has 3 aromatic rings. The molecule has 0 heterocycles. The molecule has 0 saturated carbocycles. The molecule has 0 bridgehead atoms. The molecule has 132 valence electrons. The highest BCUT2D eigenvalue weighted by molar-refractivity contribution is 7.97. The zero-order valence-corrected chi connectivity index (χ0v) is 16.2. The Morgan fingerprint density at radius 2 is 1.27 bits per heavy atom. The summed E-state index contributed by atoms with van der Waals surface area (Å²) in [5.41, 5.74) is 1.98. The Hall–Kier alpha value is -2.52. The standard InChI is InChI=1S/C23H23O2S/c1-4-22(24)25-23-17(2)15-21(16-18(23)3)26(19-11-7-5-8-12-19)20-13-9-6-10-14-20/h5-16H,4H2,1-3H3/q+1. The molecule has 0 saturated heterocycles. The van der Waals surface area contributed by atoms with Gasteiger partial charge in [-0.3, -0.25) is 4.79 Å². The molecule has 3 aromatic carbocycles. The van der Waals surface area contributed by atoms with Gasteiger partial charge in [0.15, 0.2) is 14.7 Å². The average molecular weight is 364 g/mol. The number of carbonyl (C=O) groups excluding carboxylic acids is 1. The van der Waals surface area contributed by atoms with Crippen molar-refractivity contribution in [1.29, 1.82) is 0 Å². The summed E-state index contributed by atoms with van der Waals surface area (Å²) in [6, 6.07) is 25.4. The minimum absolute atomic E-state index is 0.198. The minimum atomic E-state index is -0.200. The number of hydrogen-bond donors (Lipinski definition) is 0. The minimum Gasteiger partial charge on any atom is -0.426 e. The summed E-state index contributed by atoms with van der Waals surface area (Å²) < 4.78 is 5.54. The van der Waals surface area contributed by atoms with Crippen LogP contribution in [0.15, 0.2) is 87.5 Å². The molecule has 0 radical (unpaired) electrons. The molecule has 0 aliphatic heterocycles. The maximum Gasteiger partial charge on any atom is 0.310 e. The van der Waals surface area contributed by atoms with Gasteiger partial charge in [0.25, 0.3) is 0 Å². The molecule has 0 aliphatic rings. The van der Waals surface area contributed by atoms with Gasteiger partial charge in [-0.15, -0.1) is 0 Å². The summed E-state index contributed by atoms with van der Waals surface area (Å²) in [6.07, 6.45) is 0.374. The fourth-order valence-corrected chi connectivity index (χ4v) is 5.16. The molecule has 0 aromatic heterocycles. The fraction of sp³-hybridized carbons (Fsp3) is 0.174. The smallest absolute Gasteiger partial charge is 0.310 e. The molecule has 0 N–H and O–H groups in total. The molecule has 0 amide bonds. The lowest BCUT2D eigenvalue weighted by Gasteiger charge is -2.13. The van der Waals surface area contributed by atoms with E-state index in [0.717, 1.165) is 11.1 Å². The quantitative estimate of drug-likeness (QED) is 0.329. The van der Waals surface area contributed by atoms with E-state index in [2.05, 4.69) is 60.7 Å². The van der Waals surface area contributed by atoms with Crippen molar-refractivity contribution in [1.82, 2.24) is 0 Å². The summed E-state index contributed by atoms with van der Waals surface area (Å²) in [6.45, 7) is 5.82. The number of rotatable bonds is 5. The lowest BCUT2D eigenvalue weighted by atomic mass is 10.1. The number of ether oxygens (including phenoxy) is 1. The summed E-state index contributed by atoms with van der Waals surface area (Å²) in [5.74, 6) is 0.486. The van der Waals surface area contributed by atoms with Gasteiger partial charge in [-0.05, 0) is 49.2 Å². The lowest BCUT2D eigenvalue weighted by Crippen LogP contribution is -2.10. The maximum absolute atomic E-state index is 11.7. The first-order valence-electron chi connectivity index (χ1n) is 8.76. The van der Waals surface area contributed by atoms with Crippen LogP contribution >= 0.6 is 0 Å². The van der Waals surface area contributed by atoms with Gasteiger partial charge >= 0.3 is 5.97 Å². The molecule has 3 heteroatoms. The van der Waals surface area contributed by atoms with Crippen molar-refractivity contribution in [3.8, 4) is 5.75 Å². The molecule has 0 aliphatic carbocycles. The van der Waals surface area contributed by atoms with E-state index in [1.807, 2.05) is 32.9 Å². The van der Waals surface area contributed by atoms with E-state index in [4.69, 9.17) is 4.74 Å². The average Bonchev–Trinajstić information content (AvgIpc) is 2.66. The molecular formula is C23H23O2S+. The monoisotopic (exact) mass is 363 g/mol. The molecule has 2 nitrogen and oxygen atoms in total. The number of hydrogen-bond acceptors (Lipinski definition) is 2. The van der Waals surface area contributed by atoms with Gasteiger partial charge in [0, 0.05) is 18.6 Å².